The summed E-state index contributed by atoms with van der Waals surface area (Å²) in [5, 5.41) is 7.37. The van der Waals surface area contributed by atoms with E-state index in [9.17, 15) is 22.8 Å². The molecule has 4 rings (SSSR count). The summed E-state index contributed by atoms with van der Waals surface area (Å²) in [4.78, 5) is 30.4. The molecule has 1 saturated heterocycles. The minimum Gasteiger partial charge on any atom is -0.342 e. The predicted molar refractivity (Wildman–Crippen MR) is 104 cm³/mol. The van der Waals surface area contributed by atoms with Crippen LogP contribution in [0.2, 0.25) is 0 Å². The molecule has 2 atom stereocenters. The number of pyridine rings is 1. The number of aryl methyl sites for hydroxylation is 1. The average molecular weight is 437 g/mol. The number of hydrogen-bond acceptors (Lipinski definition) is 6. The molecule has 2 aliphatic heterocycles. The van der Waals surface area contributed by atoms with Crippen molar-refractivity contribution in [3.05, 3.63) is 23.0 Å². The van der Waals surface area contributed by atoms with Gasteiger partial charge in [-0.25, -0.2) is 10.4 Å². The molecule has 31 heavy (non-hydrogen) atoms. The third-order valence-corrected chi connectivity index (χ3v) is 5.94. The molecule has 0 radical (unpaired) electrons. The fourth-order valence-corrected chi connectivity index (χ4v) is 4.25. The second kappa shape index (κ2) is 7.93. The van der Waals surface area contributed by atoms with Crippen LogP contribution in [0.5, 0.6) is 0 Å². The second-order valence-electron chi connectivity index (χ2n) is 8.04. The van der Waals surface area contributed by atoms with Crippen LogP contribution in [-0.2, 0) is 15.8 Å². The second-order valence-corrected chi connectivity index (χ2v) is 8.04. The van der Waals surface area contributed by atoms with Gasteiger partial charge in [-0.15, -0.1) is 0 Å². The van der Waals surface area contributed by atoms with Crippen LogP contribution in [0.25, 0.3) is 11.1 Å². The predicted octanol–water partition coefficient (Wildman–Crippen LogP) is 3.16. The number of carbonyl (C=O) groups excluding carboxylic acids is 2. The quantitative estimate of drug-likeness (QED) is 0.792. The van der Waals surface area contributed by atoms with Crippen molar-refractivity contribution in [1.29, 1.82) is 0 Å². The summed E-state index contributed by atoms with van der Waals surface area (Å²) in [5.74, 6) is -1.12. The Kier molecular flexibility index (Phi) is 5.44. The minimum absolute atomic E-state index is 0.133. The summed E-state index contributed by atoms with van der Waals surface area (Å²) in [6, 6.07) is 1.05. The van der Waals surface area contributed by atoms with Gasteiger partial charge in [0.25, 0.3) is 5.71 Å². The molecular formula is C20H22F3N5O3. The van der Waals surface area contributed by atoms with Gasteiger partial charge in [0.1, 0.15) is 0 Å². The van der Waals surface area contributed by atoms with Gasteiger partial charge in [0.15, 0.2) is 0 Å². The number of hydrazone groups is 1. The number of piperidine rings is 1. The monoisotopic (exact) mass is 437 g/mol. The number of amides is 2. The van der Waals surface area contributed by atoms with Crippen molar-refractivity contribution in [3.63, 3.8) is 0 Å². The molecule has 2 aromatic rings. The molecular weight excluding hydrogens is 415 g/mol. The summed E-state index contributed by atoms with van der Waals surface area (Å²) in [6.07, 6.45) is -2.79. The standard InChI is InChI=1S/C20H22F3N5O3/c1-10-13(18(30)26-25-10)5-6-16(29)28-7-3-4-12(9-28)15-8-14(20(21,22)23)17-11(2)27-31-19(17)24-15/h8,12-13H,3-7,9H2,1-2H3,(H,26,30). The molecule has 1 N–H and O–H groups in total. The Morgan fingerprint density at radius 2 is 2.13 bits per heavy atom. The van der Waals surface area contributed by atoms with E-state index in [0.717, 1.165) is 6.07 Å². The van der Waals surface area contributed by atoms with E-state index in [0.29, 0.717) is 31.5 Å². The zero-order valence-electron chi connectivity index (χ0n) is 17.1. The summed E-state index contributed by atoms with van der Waals surface area (Å²) in [7, 11) is 0. The number of aromatic nitrogens is 2. The summed E-state index contributed by atoms with van der Waals surface area (Å²) < 4.78 is 45.9. The molecule has 11 heteroatoms. The van der Waals surface area contributed by atoms with Crippen LogP contribution >= 0.6 is 0 Å². The Morgan fingerprint density at radius 1 is 1.35 bits per heavy atom. The van der Waals surface area contributed by atoms with E-state index < -0.39 is 17.7 Å². The first kappa shape index (κ1) is 21.3. The SMILES string of the molecule is CC1=NNC(=O)C1CCC(=O)N1CCCC(c2cc(C(F)(F)F)c3c(C)noc3n2)C1. The molecule has 0 bridgehead atoms. The van der Waals surface area contributed by atoms with Gasteiger partial charge in [0.05, 0.1) is 28.3 Å². The van der Waals surface area contributed by atoms with Crippen LogP contribution in [0.1, 0.15) is 55.5 Å². The number of nitrogens with one attached hydrogen (secondary N) is 1. The zero-order chi connectivity index (χ0) is 22.3. The van der Waals surface area contributed by atoms with Gasteiger partial charge in [-0.05, 0) is 39.2 Å². The van der Waals surface area contributed by atoms with Gasteiger partial charge in [0, 0.05) is 31.1 Å². The lowest BCUT2D eigenvalue weighted by Crippen LogP contribution is -2.39. The Morgan fingerprint density at radius 3 is 2.81 bits per heavy atom. The normalized spacial score (nSPS) is 22.0. The van der Waals surface area contributed by atoms with Crippen LogP contribution < -0.4 is 5.43 Å². The van der Waals surface area contributed by atoms with Gasteiger partial charge < -0.3 is 9.42 Å². The topological polar surface area (TPSA) is 101 Å². The Hall–Kier alpha value is -2.98. The van der Waals surface area contributed by atoms with E-state index >= 15 is 0 Å². The van der Waals surface area contributed by atoms with Crippen molar-refractivity contribution < 1.29 is 27.3 Å². The van der Waals surface area contributed by atoms with Crippen molar-refractivity contribution in [2.75, 3.05) is 13.1 Å². The van der Waals surface area contributed by atoms with Gasteiger partial charge in [-0.3, -0.25) is 9.59 Å². The van der Waals surface area contributed by atoms with Crippen LogP contribution in [-0.4, -0.2) is 45.7 Å². The summed E-state index contributed by atoms with van der Waals surface area (Å²) in [5.41, 5.74) is 2.45. The van der Waals surface area contributed by atoms with E-state index in [1.54, 1.807) is 11.8 Å². The highest BCUT2D eigenvalue weighted by Crippen LogP contribution is 2.38. The van der Waals surface area contributed by atoms with Crippen molar-refractivity contribution in [3.8, 4) is 0 Å². The molecule has 0 saturated carbocycles. The molecule has 0 aliphatic carbocycles. The number of alkyl halides is 3. The maximum Gasteiger partial charge on any atom is 0.417 e. The molecule has 0 spiro atoms. The van der Waals surface area contributed by atoms with Crippen LogP contribution in [0.3, 0.4) is 0 Å². The smallest absolute Gasteiger partial charge is 0.342 e. The molecule has 2 aliphatic rings. The van der Waals surface area contributed by atoms with Crippen molar-refractivity contribution in [1.82, 2.24) is 20.5 Å². The Bertz CT molecular complexity index is 1060. The van der Waals surface area contributed by atoms with Crippen molar-refractivity contribution in [2.24, 2.45) is 11.0 Å². The Labute approximate surface area is 175 Å². The lowest BCUT2D eigenvalue weighted by molar-refractivity contribution is -0.136. The number of hydrogen-bond donors (Lipinski definition) is 1. The first-order valence-corrected chi connectivity index (χ1v) is 10.1. The highest BCUT2D eigenvalue weighted by molar-refractivity contribution is 6.07. The first-order valence-electron chi connectivity index (χ1n) is 10.1. The third-order valence-electron chi connectivity index (χ3n) is 5.94. The van der Waals surface area contributed by atoms with Gasteiger partial charge >= 0.3 is 6.18 Å². The highest BCUT2D eigenvalue weighted by Gasteiger charge is 2.37. The number of halogens is 3. The summed E-state index contributed by atoms with van der Waals surface area (Å²) in [6.45, 7) is 3.97. The maximum atomic E-state index is 13.6. The summed E-state index contributed by atoms with van der Waals surface area (Å²) >= 11 is 0. The fraction of sp³-hybridized carbons (Fsp3) is 0.550. The number of carbonyl (C=O) groups is 2. The van der Waals surface area contributed by atoms with Gasteiger partial charge in [-0.2, -0.15) is 18.3 Å². The highest BCUT2D eigenvalue weighted by atomic mass is 19.4. The molecule has 2 aromatic heterocycles. The van der Waals surface area contributed by atoms with E-state index in [1.807, 2.05) is 0 Å². The van der Waals surface area contributed by atoms with Crippen LogP contribution in [0.4, 0.5) is 13.2 Å². The zero-order valence-corrected chi connectivity index (χ0v) is 17.1. The molecule has 4 heterocycles. The van der Waals surface area contributed by atoms with Crippen molar-refractivity contribution >= 4 is 28.6 Å². The average Bonchev–Trinajstić information content (AvgIpc) is 3.26. The lowest BCUT2D eigenvalue weighted by Gasteiger charge is -2.33. The van der Waals surface area contributed by atoms with E-state index in [-0.39, 0.29) is 53.2 Å². The number of likely N-dealkylation sites (tertiary alicyclic amines) is 1. The van der Waals surface area contributed by atoms with Gasteiger partial charge in [0.2, 0.25) is 11.8 Å². The van der Waals surface area contributed by atoms with E-state index in [2.05, 4.69) is 20.7 Å². The minimum atomic E-state index is -4.57. The molecule has 1 fully saturated rings. The molecule has 166 valence electrons. The molecule has 8 nitrogen and oxygen atoms in total. The first-order chi connectivity index (χ1) is 14.6. The lowest BCUT2D eigenvalue weighted by atomic mass is 9.92. The fourth-order valence-electron chi connectivity index (χ4n) is 4.25. The number of nitrogens with zero attached hydrogens (tertiary/aromatic N) is 4. The number of rotatable bonds is 4. The molecule has 2 amide bonds. The van der Waals surface area contributed by atoms with E-state index in [1.165, 1.54) is 6.92 Å². The van der Waals surface area contributed by atoms with Gasteiger partial charge in [-0.1, -0.05) is 5.16 Å². The molecule has 0 aromatic carbocycles. The Balaban J connectivity index is 1.51. The van der Waals surface area contributed by atoms with E-state index in [4.69, 9.17) is 4.52 Å². The molecule has 2 unspecified atom stereocenters. The maximum absolute atomic E-state index is 13.6. The number of fused-ring (bicyclic) bond motifs is 1. The van der Waals surface area contributed by atoms with Crippen molar-refractivity contribution in [2.45, 2.75) is 51.6 Å². The largest absolute Gasteiger partial charge is 0.417 e. The van der Waals surface area contributed by atoms with Crippen LogP contribution in [0.15, 0.2) is 15.7 Å². The third kappa shape index (κ3) is 4.13. The van der Waals surface area contributed by atoms with Crippen LogP contribution in [0, 0.1) is 12.8 Å².